The summed E-state index contributed by atoms with van der Waals surface area (Å²) in [5, 5.41) is 2.95. The average Bonchev–Trinajstić information content (AvgIpc) is 3.09. The molecule has 0 aliphatic carbocycles. The Kier molecular flexibility index (Phi) is 5.95. The second kappa shape index (κ2) is 8.57. The fourth-order valence-corrected chi connectivity index (χ4v) is 2.90. The van der Waals surface area contributed by atoms with Crippen LogP contribution in [0.2, 0.25) is 0 Å². The van der Waals surface area contributed by atoms with Crippen LogP contribution in [0.1, 0.15) is 17.3 Å². The fourth-order valence-electron chi connectivity index (χ4n) is 2.28. The van der Waals surface area contributed by atoms with Gasteiger partial charge in [-0.25, -0.2) is 4.98 Å². The molecule has 0 unspecified atom stereocenters. The third kappa shape index (κ3) is 4.89. The molecule has 2 aromatic carbocycles. The summed E-state index contributed by atoms with van der Waals surface area (Å²) < 4.78 is 10.6. The fraction of sp³-hybridized carbons (Fsp3) is 0.158. The average molecular weight is 399 g/mol. The van der Waals surface area contributed by atoms with Crippen LogP contribution in [0.3, 0.4) is 0 Å². The zero-order valence-electron chi connectivity index (χ0n) is 14.9. The number of anilines is 1. The number of carbonyl (C=O) groups excluding carboxylic acids is 3. The van der Waals surface area contributed by atoms with Gasteiger partial charge in [0.25, 0.3) is 11.1 Å². The first-order chi connectivity index (χ1) is 13.4. The molecule has 0 fully saturated rings. The van der Waals surface area contributed by atoms with Crippen molar-refractivity contribution in [1.29, 1.82) is 0 Å². The van der Waals surface area contributed by atoms with Crippen LogP contribution in [0, 0.1) is 0 Å². The molecular weight excluding hydrogens is 382 g/mol. The Morgan fingerprint density at radius 2 is 1.89 bits per heavy atom. The normalized spacial score (nSPS) is 11.8. The Bertz CT molecular complexity index is 983. The zero-order chi connectivity index (χ0) is 20.1. The standard InChI is InChI=1S/C19H17N3O5S/c1-11(18(25)21-13-8-6-12(7-9-13)17(20)24)26-16(23)10-28-19-22-14-4-2-3-5-15(14)27-19/h2-9,11H,10H2,1H3,(H2,20,24)(H,21,25)/t11-/m1/s1. The number of nitrogens with zero attached hydrogens (tertiary/aromatic N) is 1. The van der Waals surface area contributed by atoms with Gasteiger partial charge >= 0.3 is 5.97 Å². The molecular formula is C19H17N3O5S. The highest BCUT2D eigenvalue weighted by molar-refractivity contribution is 7.99. The van der Waals surface area contributed by atoms with Gasteiger partial charge in [0.15, 0.2) is 11.7 Å². The van der Waals surface area contributed by atoms with Crippen molar-refractivity contribution in [2.45, 2.75) is 18.3 Å². The first-order valence-corrected chi connectivity index (χ1v) is 9.29. The van der Waals surface area contributed by atoms with E-state index in [-0.39, 0.29) is 5.75 Å². The number of esters is 1. The number of oxazole rings is 1. The molecule has 144 valence electrons. The predicted molar refractivity (Wildman–Crippen MR) is 104 cm³/mol. The van der Waals surface area contributed by atoms with Gasteiger partial charge in [0.05, 0.1) is 0 Å². The van der Waals surface area contributed by atoms with E-state index in [2.05, 4.69) is 10.3 Å². The molecule has 9 heteroatoms. The third-order valence-electron chi connectivity index (χ3n) is 3.70. The highest BCUT2D eigenvalue weighted by Gasteiger charge is 2.19. The molecule has 0 aliphatic heterocycles. The zero-order valence-corrected chi connectivity index (χ0v) is 15.7. The predicted octanol–water partition coefficient (Wildman–Crippen LogP) is 2.59. The molecule has 0 spiro atoms. The molecule has 3 aromatic rings. The van der Waals surface area contributed by atoms with E-state index in [0.717, 1.165) is 11.8 Å². The van der Waals surface area contributed by atoms with Crippen molar-refractivity contribution in [1.82, 2.24) is 4.98 Å². The van der Waals surface area contributed by atoms with E-state index in [1.807, 2.05) is 18.2 Å². The van der Waals surface area contributed by atoms with E-state index in [9.17, 15) is 14.4 Å². The minimum Gasteiger partial charge on any atom is -0.452 e. The third-order valence-corrected chi connectivity index (χ3v) is 4.50. The summed E-state index contributed by atoms with van der Waals surface area (Å²) in [6.45, 7) is 1.47. The number of hydrogen-bond acceptors (Lipinski definition) is 7. The quantitative estimate of drug-likeness (QED) is 0.462. The Morgan fingerprint density at radius 1 is 1.18 bits per heavy atom. The number of ether oxygens (including phenoxy) is 1. The van der Waals surface area contributed by atoms with Gasteiger partial charge in [0.1, 0.15) is 11.3 Å². The van der Waals surface area contributed by atoms with E-state index in [1.54, 1.807) is 6.07 Å². The van der Waals surface area contributed by atoms with Crippen molar-refractivity contribution < 1.29 is 23.5 Å². The van der Waals surface area contributed by atoms with Crippen molar-refractivity contribution in [2.75, 3.05) is 11.1 Å². The van der Waals surface area contributed by atoms with Crippen LogP contribution in [-0.2, 0) is 14.3 Å². The summed E-state index contributed by atoms with van der Waals surface area (Å²) in [6, 6.07) is 13.3. The van der Waals surface area contributed by atoms with Crippen LogP contribution < -0.4 is 11.1 Å². The number of nitrogens with one attached hydrogen (secondary N) is 1. The number of benzene rings is 2. The maximum absolute atomic E-state index is 12.1. The van der Waals surface area contributed by atoms with Crippen molar-refractivity contribution >= 4 is 46.3 Å². The van der Waals surface area contributed by atoms with Crippen molar-refractivity contribution in [3.63, 3.8) is 0 Å². The smallest absolute Gasteiger partial charge is 0.317 e. The number of para-hydroxylation sites is 2. The number of amides is 2. The molecule has 0 bridgehead atoms. The summed E-state index contributed by atoms with van der Waals surface area (Å²) in [5.74, 6) is -1.67. The summed E-state index contributed by atoms with van der Waals surface area (Å²) in [7, 11) is 0. The van der Waals surface area contributed by atoms with Crippen LogP contribution in [0.4, 0.5) is 5.69 Å². The number of primary amides is 1. The maximum atomic E-state index is 12.1. The van der Waals surface area contributed by atoms with E-state index in [1.165, 1.54) is 31.2 Å². The van der Waals surface area contributed by atoms with Gasteiger partial charge in [-0.05, 0) is 43.3 Å². The molecule has 0 aliphatic rings. The van der Waals surface area contributed by atoms with Crippen molar-refractivity contribution in [3.05, 3.63) is 54.1 Å². The van der Waals surface area contributed by atoms with Gasteiger partial charge in [-0.1, -0.05) is 23.9 Å². The van der Waals surface area contributed by atoms with Gasteiger partial charge in [-0.15, -0.1) is 0 Å². The Morgan fingerprint density at radius 3 is 2.57 bits per heavy atom. The number of carbonyl (C=O) groups is 3. The van der Waals surface area contributed by atoms with E-state index < -0.39 is 23.9 Å². The molecule has 1 atom stereocenters. The number of hydrogen-bond donors (Lipinski definition) is 2. The lowest BCUT2D eigenvalue weighted by Gasteiger charge is -2.13. The lowest BCUT2D eigenvalue weighted by Crippen LogP contribution is -2.30. The monoisotopic (exact) mass is 399 g/mol. The minimum atomic E-state index is -0.993. The topological polar surface area (TPSA) is 125 Å². The van der Waals surface area contributed by atoms with Crippen LogP contribution in [0.5, 0.6) is 0 Å². The molecule has 28 heavy (non-hydrogen) atoms. The molecule has 8 nitrogen and oxygen atoms in total. The van der Waals surface area contributed by atoms with Gasteiger partial charge in [-0.2, -0.15) is 0 Å². The molecule has 3 rings (SSSR count). The second-order valence-corrected chi connectivity index (χ2v) is 6.73. The summed E-state index contributed by atoms with van der Waals surface area (Å²) >= 11 is 1.09. The molecule has 1 aromatic heterocycles. The number of thioether (sulfide) groups is 1. The Labute approximate surface area is 164 Å². The van der Waals surface area contributed by atoms with Crippen LogP contribution >= 0.6 is 11.8 Å². The summed E-state index contributed by atoms with van der Waals surface area (Å²) in [5.41, 5.74) is 7.28. The number of rotatable bonds is 7. The van der Waals surface area contributed by atoms with E-state index in [0.29, 0.717) is 27.6 Å². The highest BCUT2D eigenvalue weighted by atomic mass is 32.2. The first-order valence-electron chi connectivity index (χ1n) is 8.31. The molecule has 0 radical (unpaired) electrons. The van der Waals surface area contributed by atoms with Crippen molar-refractivity contribution in [3.8, 4) is 0 Å². The van der Waals surface area contributed by atoms with E-state index >= 15 is 0 Å². The molecule has 2 amide bonds. The molecule has 0 saturated carbocycles. The SMILES string of the molecule is C[C@@H](OC(=O)CSc1nc2ccccc2o1)C(=O)Nc1ccc(C(N)=O)cc1. The molecule has 0 saturated heterocycles. The lowest BCUT2D eigenvalue weighted by molar-refractivity contribution is -0.150. The summed E-state index contributed by atoms with van der Waals surface area (Å²) in [6.07, 6.45) is -0.993. The highest BCUT2D eigenvalue weighted by Crippen LogP contribution is 2.23. The number of fused-ring (bicyclic) bond motifs is 1. The van der Waals surface area contributed by atoms with Gasteiger partial charge in [-0.3, -0.25) is 14.4 Å². The Hall–Kier alpha value is -3.33. The molecule has 3 N–H and O–H groups in total. The van der Waals surface area contributed by atoms with Gasteiger partial charge in [0.2, 0.25) is 5.91 Å². The second-order valence-electron chi connectivity index (χ2n) is 5.80. The largest absolute Gasteiger partial charge is 0.452 e. The van der Waals surface area contributed by atoms with Crippen LogP contribution in [0.15, 0.2) is 58.2 Å². The van der Waals surface area contributed by atoms with E-state index in [4.69, 9.17) is 14.9 Å². The van der Waals surface area contributed by atoms with Crippen molar-refractivity contribution in [2.24, 2.45) is 5.73 Å². The summed E-state index contributed by atoms with van der Waals surface area (Å²) in [4.78, 5) is 39.4. The maximum Gasteiger partial charge on any atom is 0.317 e. The first kappa shape index (κ1) is 19.4. The lowest BCUT2D eigenvalue weighted by atomic mass is 10.2. The Balaban J connectivity index is 1.48. The van der Waals surface area contributed by atoms with Gasteiger partial charge in [0, 0.05) is 11.3 Å². The van der Waals surface area contributed by atoms with Crippen LogP contribution in [0.25, 0.3) is 11.1 Å². The molecule has 1 heterocycles. The van der Waals surface area contributed by atoms with Crippen LogP contribution in [-0.4, -0.2) is 34.6 Å². The minimum absolute atomic E-state index is 0.0439. The number of nitrogens with two attached hydrogens (primary N) is 1. The van der Waals surface area contributed by atoms with Gasteiger partial charge < -0.3 is 20.2 Å². The number of aromatic nitrogens is 1.